The molecule has 2 aromatic rings. The molecule has 1 aromatic heterocycles. The van der Waals surface area contributed by atoms with Gasteiger partial charge in [-0.05, 0) is 28.0 Å². The van der Waals surface area contributed by atoms with Gasteiger partial charge in [-0.25, -0.2) is 0 Å². The van der Waals surface area contributed by atoms with Gasteiger partial charge in [-0.1, -0.05) is 12.1 Å². The average Bonchev–Trinajstić information content (AvgIpc) is 3.01. The summed E-state index contributed by atoms with van der Waals surface area (Å²) in [5, 5.41) is 21.2. The molecule has 8 heteroatoms. The number of non-ortho nitro benzene ring substituents is 1. The number of rotatable bonds is 5. The topological polar surface area (TPSA) is 79.6 Å². The fraction of sp³-hybridized carbons (Fsp3) is 0.214. The molecule has 0 bridgehead atoms. The van der Waals surface area contributed by atoms with Crippen molar-refractivity contribution in [1.82, 2.24) is 10.6 Å². The van der Waals surface area contributed by atoms with Crippen molar-refractivity contribution in [3.05, 3.63) is 62.3 Å². The summed E-state index contributed by atoms with van der Waals surface area (Å²) in [6, 6.07) is 8.60. The lowest BCUT2D eigenvalue weighted by molar-refractivity contribution is -0.384. The highest BCUT2D eigenvalue weighted by molar-refractivity contribution is 14.0. The second-order valence-corrected chi connectivity index (χ2v) is 5.12. The SMILES string of the molecule is CN=C(NCc1ccsc1)NCc1cccc([N+](=O)[O-])c1.I. The van der Waals surface area contributed by atoms with Crippen LogP contribution in [0.4, 0.5) is 5.69 Å². The molecule has 0 atom stereocenters. The van der Waals surface area contributed by atoms with E-state index in [1.807, 2.05) is 17.5 Å². The number of aliphatic imine (C=N–C) groups is 1. The van der Waals surface area contributed by atoms with Crippen LogP contribution in [0.1, 0.15) is 11.1 Å². The minimum absolute atomic E-state index is 0. The van der Waals surface area contributed by atoms with E-state index in [0.717, 1.165) is 5.56 Å². The maximum atomic E-state index is 10.7. The fourth-order valence-electron chi connectivity index (χ4n) is 1.77. The Balaban J connectivity index is 0.00000242. The predicted octanol–water partition coefficient (Wildman–Crippen LogP) is 3.14. The molecular formula is C14H17IN4O2S. The van der Waals surface area contributed by atoms with Crippen LogP contribution in [0.3, 0.4) is 0 Å². The molecule has 0 aliphatic carbocycles. The molecule has 1 heterocycles. The Morgan fingerprint density at radius 2 is 2.00 bits per heavy atom. The number of nitrogens with zero attached hydrogens (tertiary/aromatic N) is 2. The minimum atomic E-state index is -0.396. The second kappa shape index (κ2) is 9.36. The van der Waals surface area contributed by atoms with E-state index < -0.39 is 4.92 Å². The van der Waals surface area contributed by atoms with Crippen LogP contribution in [0.25, 0.3) is 0 Å². The number of guanidine groups is 1. The molecule has 6 nitrogen and oxygen atoms in total. The van der Waals surface area contributed by atoms with Crippen molar-refractivity contribution in [3.8, 4) is 0 Å². The molecule has 0 fully saturated rings. The van der Waals surface area contributed by atoms with Gasteiger partial charge in [0.05, 0.1) is 4.92 Å². The largest absolute Gasteiger partial charge is 0.352 e. The molecule has 0 radical (unpaired) electrons. The number of nitro benzene ring substituents is 1. The van der Waals surface area contributed by atoms with Gasteiger partial charge in [0.15, 0.2) is 5.96 Å². The van der Waals surface area contributed by atoms with Gasteiger partial charge >= 0.3 is 0 Å². The molecule has 2 N–H and O–H groups in total. The summed E-state index contributed by atoms with van der Waals surface area (Å²) in [7, 11) is 1.69. The van der Waals surface area contributed by atoms with Gasteiger partial charge in [0, 0.05) is 32.3 Å². The third kappa shape index (κ3) is 5.60. The van der Waals surface area contributed by atoms with Gasteiger partial charge in [0.1, 0.15) is 0 Å². The fourth-order valence-corrected chi connectivity index (χ4v) is 2.43. The Kier molecular flexibility index (Phi) is 7.82. The zero-order chi connectivity index (χ0) is 15.1. The molecule has 1 aromatic carbocycles. The predicted molar refractivity (Wildman–Crippen MR) is 99.9 cm³/mol. The molecule has 0 aliphatic rings. The maximum Gasteiger partial charge on any atom is 0.269 e. The second-order valence-electron chi connectivity index (χ2n) is 4.34. The van der Waals surface area contributed by atoms with Gasteiger partial charge in [0.2, 0.25) is 0 Å². The molecule has 0 amide bonds. The van der Waals surface area contributed by atoms with Crippen molar-refractivity contribution >= 4 is 47.0 Å². The van der Waals surface area contributed by atoms with E-state index in [9.17, 15) is 10.1 Å². The highest BCUT2D eigenvalue weighted by Gasteiger charge is 2.06. The average molecular weight is 432 g/mol. The first kappa shape index (κ1) is 18.4. The summed E-state index contributed by atoms with van der Waals surface area (Å²) >= 11 is 1.65. The van der Waals surface area contributed by atoms with Crippen LogP contribution < -0.4 is 10.6 Å². The number of nitro groups is 1. The van der Waals surface area contributed by atoms with Crippen LogP contribution in [0, 0.1) is 10.1 Å². The highest BCUT2D eigenvalue weighted by atomic mass is 127. The van der Waals surface area contributed by atoms with Crippen molar-refractivity contribution in [2.75, 3.05) is 7.05 Å². The molecule has 0 aliphatic heterocycles. The lowest BCUT2D eigenvalue weighted by atomic mass is 10.2. The first-order valence-corrected chi connectivity index (χ1v) is 7.32. The first-order valence-electron chi connectivity index (χ1n) is 6.38. The van der Waals surface area contributed by atoms with Crippen molar-refractivity contribution in [3.63, 3.8) is 0 Å². The Morgan fingerprint density at radius 1 is 1.27 bits per heavy atom. The van der Waals surface area contributed by atoms with E-state index >= 15 is 0 Å². The van der Waals surface area contributed by atoms with Gasteiger partial charge < -0.3 is 10.6 Å². The molecule has 0 saturated heterocycles. The summed E-state index contributed by atoms with van der Waals surface area (Å²) in [4.78, 5) is 14.5. The molecule has 0 unspecified atom stereocenters. The third-order valence-corrected chi connectivity index (χ3v) is 3.58. The monoisotopic (exact) mass is 432 g/mol. The van der Waals surface area contributed by atoms with Gasteiger partial charge in [-0.3, -0.25) is 15.1 Å². The van der Waals surface area contributed by atoms with Crippen LogP contribution in [0.2, 0.25) is 0 Å². The molecule has 2 rings (SSSR count). The molecular weight excluding hydrogens is 415 g/mol. The van der Waals surface area contributed by atoms with E-state index in [2.05, 4.69) is 21.0 Å². The normalized spacial score (nSPS) is 10.7. The van der Waals surface area contributed by atoms with Crippen LogP contribution in [0.5, 0.6) is 0 Å². The smallest absolute Gasteiger partial charge is 0.269 e. The number of thiophene rings is 1. The molecule has 0 spiro atoms. The zero-order valence-corrected chi connectivity index (χ0v) is 15.1. The Labute approximate surface area is 149 Å². The van der Waals surface area contributed by atoms with Crippen molar-refractivity contribution in [1.29, 1.82) is 0 Å². The number of benzene rings is 1. The quantitative estimate of drug-likeness (QED) is 0.250. The van der Waals surface area contributed by atoms with E-state index in [4.69, 9.17) is 0 Å². The van der Waals surface area contributed by atoms with Crippen LogP contribution in [0.15, 0.2) is 46.1 Å². The molecule has 118 valence electrons. The van der Waals surface area contributed by atoms with E-state index in [1.165, 1.54) is 11.6 Å². The molecule has 22 heavy (non-hydrogen) atoms. The van der Waals surface area contributed by atoms with Crippen molar-refractivity contribution in [2.45, 2.75) is 13.1 Å². The number of hydrogen-bond donors (Lipinski definition) is 2. The Bertz CT molecular complexity index is 632. The Morgan fingerprint density at radius 3 is 2.59 bits per heavy atom. The molecule has 0 saturated carbocycles. The summed E-state index contributed by atoms with van der Waals surface area (Å²) in [6.07, 6.45) is 0. The van der Waals surface area contributed by atoms with Crippen LogP contribution in [-0.4, -0.2) is 17.9 Å². The van der Waals surface area contributed by atoms with Crippen molar-refractivity contribution in [2.24, 2.45) is 4.99 Å². The Hall–Kier alpha value is -1.68. The van der Waals surface area contributed by atoms with E-state index in [0.29, 0.717) is 19.0 Å². The maximum absolute atomic E-state index is 10.7. The summed E-state index contributed by atoms with van der Waals surface area (Å²) < 4.78 is 0. The first-order chi connectivity index (χ1) is 10.2. The van der Waals surface area contributed by atoms with Gasteiger partial charge in [-0.2, -0.15) is 11.3 Å². The minimum Gasteiger partial charge on any atom is -0.352 e. The van der Waals surface area contributed by atoms with Crippen LogP contribution in [-0.2, 0) is 13.1 Å². The highest BCUT2D eigenvalue weighted by Crippen LogP contribution is 2.12. The number of hydrogen-bond acceptors (Lipinski definition) is 4. The van der Waals surface area contributed by atoms with Crippen molar-refractivity contribution < 1.29 is 4.92 Å². The van der Waals surface area contributed by atoms with E-state index in [-0.39, 0.29) is 29.7 Å². The van der Waals surface area contributed by atoms with Crippen LogP contribution >= 0.6 is 35.3 Å². The number of halogens is 1. The standard InChI is InChI=1S/C14H16N4O2S.HI/c1-15-14(17-9-12-5-6-21-10-12)16-8-11-3-2-4-13(7-11)18(19)20;/h2-7,10H,8-9H2,1H3,(H2,15,16,17);1H. The van der Waals surface area contributed by atoms with E-state index in [1.54, 1.807) is 30.5 Å². The lowest BCUT2D eigenvalue weighted by Gasteiger charge is -2.11. The third-order valence-electron chi connectivity index (χ3n) is 2.85. The number of nitrogens with one attached hydrogen (secondary N) is 2. The van der Waals surface area contributed by atoms with Gasteiger partial charge in [0.25, 0.3) is 5.69 Å². The zero-order valence-electron chi connectivity index (χ0n) is 12.0. The lowest BCUT2D eigenvalue weighted by Crippen LogP contribution is -2.36. The summed E-state index contributed by atoms with van der Waals surface area (Å²) in [6.45, 7) is 1.17. The summed E-state index contributed by atoms with van der Waals surface area (Å²) in [5.74, 6) is 0.660. The summed E-state index contributed by atoms with van der Waals surface area (Å²) in [5.41, 5.74) is 2.12. The van der Waals surface area contributed by atoms with Gasteiger partial charge in [-0.15, -0.1) is 24.0 Å².